The number of carbonyl (C=O) groups excluding carboxylic acids is 3. The van der Waals surface area contributed by atoms with Crippen LogP contribution in [-0.2, 0) is 0 Å². The number of imide groups is 1. The average molecular weight is 325 g/mol. The number of Topliss-reactive ketones (excluding diaryl/α,β-unsaturated/α-hetero) is 1. The molecule has 1 heterocycles. The van der Waals surface area contributed by atoms with Gasteiger partial charge in [-0.15, -0.1) is 0 Å². The van der Waals surface area contributed by atoms with Crippen molar-refractivity contribution in [1.82, 2.24) is 4.90 Å². The fourth-order valence-electron chi connectivity index (χ4n) is 2.69. The molecule has 0 N–H and O–H groups in total. The van der Waals surface area contributed by atoms with Crippen LogP contribution in [0.2, 0.25) is 0 Å². The highest BCUT2D eigenvalue weighted by Gasteiger charge is 2.41. The van der Waals surface area contributed by atoms with E-state index in [0.29, 0.717) is 5.56 Å². The predicted octanol–water partition coefficient (Wildman–Crippen LogP) is 2.18. The largest absolute Gasteiger partial charge is 0.496 e. The number of nitrogens with zero attached hydrogens (tertiary/aromatic N) is 1. The number of ether oxygens (including phenoxy) is 2. The fraction of sp³-hybridized carbons (Fsp3) is 0.167. The zero-order valence-corrected chi connectivity index (χ0v) is 13.2. The highest BCUT2D eigenvalue weighted by atomic mass is 16.5. The summed E-state index contributed by atoms with van der Waals surface area (Å²) in [5.74, 6) is -0.884. The topological polar surface area (TPSA) is 72.9 Å². The van der Waals surface area contributed by atoms with Gasteiger partial charge in [0.1, 0.15) is 11.5 Å². The van der Waals surface area contributed by atoms with Gasteiger partial charge >= 0.3 is 0 Å². The summed E-state index contributed by atoms with van der Waals surface area (Å²) >= 11 is 0. The first-order chi connectivity index (χ1) is 11.6. The monoisotopic (exact) mass is 325 g/mol. The van der Waals surface area contributed by atoms with E-state index in [1.54, 1.807) is 42.5 Å². The minimum absolute atomic E-state index is 0.128. The van der Waals surface area contributed by atoms with E-state index in [-0.39, 0.29) is 35.0 Å². The van der Waals surface area contributed by atoms with E-state index in [9.17, 15) is 14.4 Å². The summed E-state index contributed by atoms with van der Waals surface area (Å²) in [7, 11) is 2.83. The van der Waals surface area contributed by atoms with Crippen molar-refractivity contribution >= 4 is 17.6 Å². The van der Waals surface area contributed by atoms with Crippen LogP contribution in [0.15, 0.2) is 42.5 Å². The van der Waals surface area contributed by atoms with Gasteiger partial charge in [0.25, 0.3) is 11.8 Å². The second-order valence-corrected chi connectivity index (χ2v) is 5.21. The molecule has 0 saturated heterocycles. The smallest absolute Gasteiger partial charge is 0.265 e. The average Bonchev–Trinajstić information content (AvgIpc) is 2.87. The molecule has 0 atom stereocenters. The Labute approximate surface area is 138 Å². The van der Waals surface area contributed by atoms with E-state index in [4.69, 9.17) is 9.47 Å². The van der Waals surface area contributed by atoms with Crippen LogP contribution >= 0.6 is 0 Å². The SMILES string of the molecule is COc1ccc(OC)c2c1C(=O)N(CC(=O)c1ccccc1)C2=O. The molecule has 0 aromatic heterocycles. The number of fused-ring (bicyclic) bond motifs is 1. The van der Waals surface area contributed by atoms with Gasteiger partial charge in [-0.05, 0) is 12.1 Å². The molecule has 2 aromatic carbocycles. The van der Waals surface area contributed by atoms with E-state index in [0.717, 1.165) is 4.90 Å². The molecule has 0 bridgehead atoms. The summed E-state index contributed by atoms with van der Waals surface area (Å²) < 4.78 is 10.3. The number of hydrogen-bond acceptors (Lipinski definition) is 5. The molecule has 1 aliphatic heterocycles. The van der Waals surface area contributed by atoms with Crippen LogP contribution in [0.3, 0.4) is 0 Å². The van der Waals surface area contributed by atoms with E-state index in [1.165, 1.54) is 14.2 Å². The van der Waals surface area contributed by atoms with Crippen LogP contribution in [0.4, 0.5) is 0 Å². The lowest BCUT2D eigenvalue weighted by Gasteiger charge is -2.13. The Balaban J connectivity index is 1.97. The summed E-state index contributed by atoms with van der Waals surface area (Å²) in [6.07, 6.45) is 0. The first-order valence-electron chi connectivity index (χ1n) is 7.28. The third kappa shape index (κ3) is 2.42. The zero-order chi connectivity index (χ0) is 17.3. The Morgan fingerprint density at radius 3 is 1.83 bits per heavy atom. The number of carbonyl (C=O) groups is 3. The fourth-order valence-corrected chi connectivity index (χ4v) is 2.69. The van der Waals surface area contributed by atoms with Crippen LogP contribution in [0.1, 0.15) is 31.1 Å². The van der Waals surface area contributed by atoms with E-state index < -0.39 is 11.8 Å². The first kappa shape index (κ1) is 15.7. The van der Waals surface area contributed by atoms with Crippen molar-refractivity contribution in [3.05, 3.63) is 59.2 Å². The Kier molecular flexibility index (Phi) is 4.04. The first-order valence-corrected chi connectivity index (χ1v) is 7.28. The number of ketones is 1. The van der Waals surface area contributed by atoms with Crippen molar-refractivity contribution in [2.75, 3.05) is 20.8 Å². The van der Waals surface area contributed by atoms with Crippen molar-refractivity contribution in [3.8, 4) is 11.5 Å². The van der Waals surface area contributed by atoms with Crippen molar-refractivity contribution < 1.29 is 23.9 Å². The van der Waals surface area contributed by atoms with Gasteiger partial charge < -0.3 is 9.47 Å². The third-order valence-corrected chi connectivity index (χ3v) is 3.88. The van der Waals surface area contributed by atoms with Crippen molar-refractivity contribution in [3.63, 3.8) is 0 Å². The van der Waals surface area contributed by atoms with Crippen molar-refractivity contribution in [2.24, 2.45) is 0 Å². The van der Waals surface area contributed by atoms with E-state index >= 15 is 0 Å². The van der Waals surface area contributed by atoms with Crippen LogP contribution in [0, 0.1) is 0 Å². The summed E-state index contributed by atoms with van der Waals surface area (Å²) in [5.41, 5.74) is 0.693. The normalized spacial score (nSPS) is 13.0. The lowest BCUT2D eigenvalue weighted by molar-refractivity contribution is 0.0622. The van der Waals surface area contributed by atoms with Gasteiger partial charge in [-0.1, -0.05) is 30.3 Å². The number of rotatable bonds is 5. The van der Waals surface area contributed by atoms with Gasteiger partial charge in [0.2, 0.25) is 0 Å². The molecule has 0 unspecified atom stereocenters. The van der Waals surface area contributed by atoms with Crippen LogP contribution in [0.5, 0.6) is 11.5 Å². The van der Waals surface area contributed by atoms with Gasteiger partial charge in [0, 0.05) is 5.56 Å². The maximum absolute atomic E-state index is 12.6. The zero-order valence-electron chi connectivity index (χ0n) is 13.2. The summed E-state index contributed by atoms with van der Waals surface area (Å²) in [6.45, 7) is -0.331. The molecule has 2 amide bonds. The standard InChI is InChI=1S/C18H15NO5/c1-23-13-8-9-14(24-2)16-15(13)17(21)19(18(16)22)10-12(20)11-6-4-3-5-7-11/h3-9H,10H2,1-2H3. The minimum Gasteiger partial charge on any atom is -0.496 e. The molecule has 0 aliphatic carbocycles. The van der Waals surface area contributed by atoms with Gasteiger partial charge in [-0.3, -0.25) is 19.3 Å². The molecule has 0 spiro atoms. The molecule has 0 fully saturated rings. The van der Waals surface area contributed by atoms with Crippen LogP contribution in [0.25, 0.3) is 0 Å². The van der Waals surface area contributed by atoms with Crippen molar-refractivity contribution in [2.45, 2.75) is 0 Å². The molecular weight excluding hydrogens is 310 g/mol. The van der Waals surface area contributed by atoms with Gasteiger partial charge in [-0.25, -0.2) is 0 Å². The number of hydrogen-bond donors (Lipinski definition) is 0. The van der Waals surface area contributed by atoms with Crippen LogP contribution in [-0.4, -0.2) is 43.3 Å². The molecule has 6 nitrogen and oxygen atoms in total. The summed E-state index contributed by atoms with van der Waals surface area (Å²) in [5, 5.41) is 0. The number of methoxy groups -OCH3 is 2. The number of amides is 2. The molecule has 0 radical (unpaired) electrons. The Morgan fingerprint density at radius 1 is 0.875 bits per heavy atom. The van der Waals surface area contributed by atoms with E-state index in [1.807, 2.05) is 0 Å². The molecule has 3 rings (SSSR count). The summed E-state index contributed by atoms with van der Waals surface area (Å²) in [6, 6.07) is 11.6. The molecule has 6 heteroatoms. The highest BCUT2D eigenvalue weighted by molar-refractivity contribution is 6.25. The summed E-state index contributed by atoms with van der Waals surface area (Å²) in [4.78, 5) is 38.5. The quantitative estimate of drug-likeness (QED) is 0.622. The molecule has 122 valence electrons. The third-order valence-electron chi connectivity index (χ3n) is 3.88. The van der Waals surface area contributed by atoms with Gasteiger partial charge in [0.15, 0.2) is 5.78 Å². The molecule has 24 heavy (non-hydrogen) atoms. The number of benzene rings is 2. The second kappa shape index (κ2) is 6.16. The Hall–Kier alpha value is -3.15. The maximum atomic E-state index is 12.6. The molecule has 2 aromatic rings. The predicted molar refractivity (Wildman–Crippen MR) is 85.7 cm³/mol. The van der Waals surface area contributed by atoms with Gasteiger partial charge in [-0.2, -0.15) is 0 Å². The molecule has 1 aliphatic rings. The lowest BCUT2D eigenvalue weighted by atomic mass is 10.1. The maximum Gasteiger partial charge on any atom is 0.265 e. The molecule has 0 saturated carbocycles. The molecular formula is C18H15NO5. The lowest BCUT2D eigenvalue weighted by Crippen LogP contribution is -2.35. The van der Waals surface area contributed by atoms with Gasteiger partial charge in [0.05, 0.1) is 31.9 Å². The second-order valence-electron chi connectivity index (χ2n) is 5.21. The minimum atomic E-state index is -0.560. The Morgan fingerprint density at radius 2 is 1.38 bits per heavy atom. The van der Waals surface area contributed by atoms with Crippen LogP contribution < -0.4 is 9.47 Å². The van der Waals surface area contributed by atoms with Crippen molar-refractivity contribution in [1.29, 1.82) is 0 Å². The Bertz CT molecular complexity index is 786. The van der Waals surface area contributed by atoms with E-state index in [2.05, 4.69) is 0 Å². The highest BCUT2D eigenvalue weighted by Crippen LogP contribution is 2.37.